The largest absolute Gasteiger partial charge is 0.513 e. The predicted octanol–water partition coefficient (Wildman–Crippen LogP) is -1.20. The van der Waals surface area contributed by atoms with Gasteiger partial charge in [-0.3, -0.25) is 19.1 Å². The normalized spacial score (nSPS) is 26.0. The lowest BCUT2D eigenvalue weighted by Gasteiger charge is -2.26. The van der Waals surface area contributed by atoms with Crippen LogP contribution in [-0.4, -0.2) is 74.7 Å². The number of methoxy groups -OCH3 is 1. The molecule has 2 rings (SSSR count). The van der Waals surface area contributed by atoms with Crippen LogP contribution in [0.15, 0.2) is 34.2 Å². The van der Waals surface area contributed by atoms with Gasteiger partial charge in [-0.2, -0.15) is 0 Å². The number of H-pyrrole nitrogens is 1. The minimum Gasteiger partial charge on any atom is -0.513 e. The molecule has 1 aromatic heterocycles. The fraction of sp³-hybridized carbons (Fsp3) is 0.500. The fourth-order valence-corrected chi connectivity index (χ4v) is 3.96. The highest BCUT2D eigenvalue weighted by Crippen LogP contribution is 2.45. The van der Waals surface area contributed by atoms with E-state index < -0.39 is 72.4 Å². The van der Waals surface area contributed by atoms with Gasteiger partial charge >= 0.3 is 11.7 Å². The summed E-state index contributed by atoms with van der Waals surface area (Å²) >= 11 is 4.89. The van der Waals surface area contributed by atoms with Crippen LogP contribution in [0.2, 0.25) is 0 Å². The number of aliphatic carboxylic acids is 1. The van der Waals surface area contributed by atoms with Crippen molar-refractivity contribution in [2.45, 2.75) is 37.0 Å². The van der Waals surface area contributed by atoms with E-state index in [0.717, 1.165) is 16.8 Å². The molecule has 15 heteroatoms. The van der Waals surface area contributed by atoms with Gasteiger partial charge in [0.25, 0.3) is 11.5 Å². The summed E-state index contributed by atoms with van der Waals surface area (Å²) in [6.45, 7) is 1.04. The highest BCUT2D eigenvalue weighted by molar-refractivity contribution is 8.09. The summed E-state index contributed by atoms with van der Waals surface area (Å²) in [4.78, 5) is 59.8. The molecular formula is C16H22N3O10PS. The Balaban J connectivity index is 2.42. The first-order valence-corrected chi connectivity index (χ1v) is 11.8. The van der Waals surface area contributed by atoms with Crippen LogP contribution in [0, 0.1) is 0 Å². The Kier molecular flexibility index (Phi) is 7.92. The van der Waals surface area contributed by atoms with E-state index in [1.54, 1.807) is 0 Å². The first kappa shape index (κ1) is 24.9. The van der Waals surface area contributed by atoms with Crippen molar-refractivity contribution in [3.8, 4) is 0 Å². The number of aromatic nitrogens is 2. The maximum Gasteiger partial charge on any atom is 0.330 e. The maximum atomic E-state index is 12.8. The molecular weight excluding hydrogens is 457 g/mol. The summed E-state index contributed by atoms with van der Waals surface area (Å²) in [6, 6.07) is -0.492. The second-order valence-electron chi connectivity index (χ2n) is 6.71. The Labute approximate surface area is 180 Å². The average molecular weight is 479 g/mol. The van der Waals surface area contributed by atoms with E-state index in [9.17, 15) is 34.3 Å². The van der Waals surface area contributed by atoms with Gasteiger partial charge in [0.1, 0.15) is 18.2 Å². The molecule has 1 amide bonds. The summed E-state index contributed by atoms with van der Waals surface area (Å²) in [6.07, 6.45) is -4.68. The Bertz CT molecular complexity index is 1020. The van der Waals surface area contributed by atoms with E-state index in [1.807, 2.05) is 4.98 Å². The smallest absolute Gasteiger partial charge is 0.330 e. The van der Waals surface area contributed by atoms with E-state index in [4.69, 9.17) is 25.8 Å². The molecule has 13 nitrogen and oxygen atoms in total. The number of carbonyl (C=O) groups excluding carboxylic acids is 1. The third kappa shape index (κ3) is 6.32. The maximum absolute atomic E-state index is 12.8. The third-order valence-electron chi connectivity index (χ3n) is 4.22. The van der Waals surface area contributed by atoms with Crippen LogP contribution >= 0.6 is 6.49 Å². The number of carbonyl (C=O) groups is 2. The van der Waals surface area contributed by atoms with Crippen molar-refractivity contribution in [1.82, 2.24) is 14.9 Å². The zero-order chi connectivity index (χ0) is 23.5. The number of hydrogen-bond acceptors (Lipinski definition) is 9. The van der Waals surface area contributed by atoms with E-state index in [0.29, 0.717) is 0 Å². The molecule has 1 aliphatic rings. The molecule has 0 spiro atoms. The number of ether oxygens (including phenoxy) is 2. The van der Waals surface area contributed by atoms with Crippen molar-refractivity contribution in [2.24, 2.45) is 0 Å². The zero-order valence-corrected chi connectivity index (χ0v) is 18.2. The predicted molar refractivity (Wildman–Crippen MR) is 109 cm³/mol. The summed E-state index contributed by atoms with van der Waals surface area (Å²) in [7, 11) is 1.24. The summed E-state index contributed by atoms with van der Waals surface area (Å²) < 4.78 is 17.4. The number of carboxylic acids is 1. The highest BCUT2D eigenvalue weighted by Gasteiger charge is 2.52. The molecule has 31 heavy (non-hydrogen) atoms. The summed E-state index contributed by atoms with van der Waals surface area (Å²) in [5, 5.41) is 20.7. The number of aliphatic hydroxyl groups is 1. The van der Waals surface area contributed by atoms with Gasteiger partial charge in [0.15, 0.2) is 18.8 Å². The van der Waals surface area contributed by atoms with Crippen LogP contribution in [0.25, 0.3) is 0 Å². The van der Waals surface area contributed by atoms with Crippen LogP contribution in [0.5, 0.6) is 0 Å². The topological polar surface area (TPSA) is 189 Å². The van der Waals surface area contributed by atoms with Crippen molar-refractivity contribution < 1.29 is 38.7 Å². The van der Waals surface area contributed by atoms with Crippen LogP contribution in [0.4, 0.5) is 0 Å². The monoisotopic (exact) mass is 479 g/mol. The summed E-state index contributed by atoms with van der Waals surface area (Å²) in [5.41, 5.74) is -1.53. The molecule has 5 N–H and O–H groups in total. The Morgan fingerprint density at radius 1 is 1.42 bits per heavy atom. The third-order valence-corrected chi connectivity index (χ3v) is 5.11. The molecule has 0 radical (unpaired) electrons. The van der Waals surface area contributed by atoms with Gasteiger partial charge in [-0.1, -0.05) is 6.58 Å². The lowest BCUT2D eigenvalue weighted by atomic mass is 10.1. The van der Waals surface area contributed by atoms with Crippen molar-refractivity contribution in [3.63, 3.8) is 0 Å². The SMILES string of the molecule is C=C(O)C[C@@H](NC(=O)[C@H]1O[C@@H](n2ccc(=O)[nH]c2=O)C(OC)C1OP(C)(O)=S)C(=O)O. The molecule has 1 aromatic rings. The van der Waals surface area contributed by atoms with Gasteiger partial charge in [0.2, 0.25) is 0 Å². The van der Waals surface area contributed by atoms with Gasteiger partial charge in [0.05, 0.1) is 5.76 Å². The molecule has 1 aliphatic heterocycles. The molecule has 0 aliphatic carbocycles. The second kappa shape index (κ2) is 9.85. The molecule has 6 atom stereocenters. The van der Waals surface area contributed by atoms with Crippen LogP contribution in [0.3, 0.4) is 0 Å². The minimum absolute atomic E-state index is 0.471. The van der Waals surface area contributed by atoms with Gasteiger partial charge in [0, 0.05) is 32.5 Å². The number of aliphatic hydroxyl groups excluding tert-OH is 1. The van der Waals surface area contributed by atoms with Gasteiger partial charge < -0.3 is 34.4 Å². The number of carboxylic acid groups (broad SMARTS) is 1. The van der Waals surface area contributed by atoms with Crippen molar-refractivity contribution in [1.29, 1.82) is 0 Å². The highest BCUT2D eigenvalue weighted by atomic mass is 32.5. The Hall–Kier alpha value is -2.35. The lowest BCUT2D eigenvalue weighted by Crippen LogP contribution is -2.50. The molecule has 0 aromatic carbocycles. The van der Waals surface area contributed by atoms with Crippen molar-refractivity contribution >= 4 is 30.2 Å². The summed E-state index contributed by atoms with van der Waals surface area (Å²) in [5.74, 6) is -2.90. The number of amides is 1. The minimum atomic E-state index is -3.38. The number of nitrogens with one attached hydrogen (secondary N) is 2. The van der Waals surface area contributed by atoms with Crippen LogP contribution in [0.1, 0.15) is 12.6 Å². The van der Waals surface area contributed by atoms with Crippen LogP contribution in [-0.2, 0) is 35.4 Å². The van der Waals surface area contributed by atoms with Gasteiger partial charge in [-0.25, -0.2) is 9.59 Å². The molecule has 1 saturated heterocycles. The first-order chi connectivity index (χ1) is 14.3. The second-order valence-corrected chi connectivity index (χ2v) is 10.6. The average Bonchev–Trinajstić information content (AvgIpc) is 2.96. The number of aromatic amines is 1. The molecule has 172 valence electrons. The van der Waals surface area contributed by atoms with Crippen LogP contribution < -0.4 is 16.6 Å². The molecule has 3 unspecified atom stereocenters. The van der Waals surface area contributed by atoms with Gasteiger partial charge in [-0.05, 0) is 11.8 Å². The number of nitrogens with zero attached hydrogens (tertiary/aromatic N) is 1. The molecule has 1 fully saturated rings. The first-order valence-electron chi connectivity index (χ1n) is 8.72. The fourth-order valence-electron chi connectivity index (χ4n) is 2.98. The quantitative estimate of drug-likeness (QED) is 0.211. The lowest BCUT2D eigenvalue weighted by molar-refractivity contribution is -0.146. The number of rotatable bonds is 9. The van der Waals surface area contributed by atoms with Crippen molar-refractivity contribution in [2.75, 3.05) is 13.8 Å². The zero-order valence-electron chi connectivity index (χ0n) is 16.5. The van der Waals surface area contributed by atoms with E-state index in [1.165, 1.54) is 13.8 Å². The molecule has 0 saturated carbocycles. The Morgan fingerprint density at radius 3 is 2.55 bits per heavy atom. The molecule has 0 bridgehead atoms. The van der Waals surface area contributed by atoms with Crippen molar-refractivity contribution in [3.05, 3.63) is 45.4 Å². The van der Waals surface area contributed by atoms with E-state index >= 15 is 0 Å². The standard InChI is InChI=1S/C16H22N3O10PS/c1-7(20)6-8(15(23)24)17-13(22)11-10(29-30(3,26)31)12(27-2)14(28-11)19-5-4-9(21)18-16(19)25/h4-5,8,10-12,14,20H,1,6H2,2-3H3,(H,17,22)(H,23,24)(H,26,31)(H,18,21,25)/t8-,10?,11+,12?,14-,30?/m1/s1. The van der Waals surface area contributed by atoms with E-state index in [-0.39, 0.29) is 0 Å². The Morgan fingerprint density at radius 2 is 2.06 bits per heavy atom. The van der Waals surface area contributed by atoms with Gasteiger partial charge in [-0.15, -0.1) is 0 Å². The number of hydrogen-bond donors (Lipinski definition) is 5. The van der Waals surface area contributed by atoms with E-state index in [2.05, 4.69) is 11.9 Å². The molecule has 2 heterocycles.